The number of amides is 2. The van der Waals surface area contributed by atoms with E-state index in [1.165, 1.54) is 16.4 Å². The van der Waals surface area contributed by atoms with Gasteiger partial charge in [-0.1, -0.05) is 68.4 Å². The highest BCUT2D eigenvalue weighted by molar-refractivity contribution is 7.92. The normalized spacial score (nSPS) is 12.2. The van der Waals surface area contributed by atoms with Crippen molar-refractivity contribution in [3.8, 4) is 0 Å². The molecule has 0 saturated heterocycles. The quantitative estimate of drug-likeness (QED) is 0.270. The van der Waals surface area contributed by atoms with Gasteiger partial charge < -0.3 is 10.2 Å². The fourth-order valence-electron chi connectivity index (χ4n) is 4.73. The van der Waals surface area contributed by atoms with Gasteiger partial charge in [0.1, 0.15) is 11.9 Å². The number of hydrogen-bond donors (Lipinski definition) is 1. The van der Waals surface area contributed by atoms with E-state index in [0.717, 1.165) is 22.9 Å². The van der Waals surface area contributed by atoms with Crippen molar-refractivity contribution in [3.63, 3.8) is 0 Å². The summed E-state index contributed by atoms with van der Waals surface area (Å²) in [5, 5.41) is 2.98. The van der Waals surface area contributed by atoms with Gasteiger partial charge in [-0.3, -0.25) is 13.9 Å². The number of rotatable bonds is 14. The van der Waals surface area contributed by atoms with E-state index in [9.17, 15) is 22.4 Å². The molecule has 0 spiro atoms. The molecule has 0 aromatic heterocycles. The van der Waals surface area contributed by atoms with Gasteiger partial charge in [-0.2, -0.15) is 0 Å². The number of aryl methyl sites for hydroxylation is 2. The molecule has 9 heteroatoms. The molecule has 1 atom stereocenters. The Morgan fingerprint density at radius 1 is 0.929 bits per heavy atom. The van der Waals surface area contributed by atoms with Gasteiger partial charge in [0, 0.05) is 32.5 Å². The first-order valence-electron chi connectivity index (χ1n) is 14.3. The molecule has 3 aromatic carbocycles. The predicted octanol–water partition coefficient (Wildman–Crippen LogP) is 5.40. The Kier molecular flexibility index (Phi) is 11.7. The third-order valence-corrected chi connectivity index (χ3v) is 8.19. The number of hydrogen-bond acceptors (Lipinski definition) is 4. The van der Waals surface area contributed by atoms with Crippen molar-refractivity contribution in [2.24, 2.45) is 5.92 Å². The zero-order valence-corrected chi connectivity index (χ0v) is 26.0. The number of halogens is 1. The van der Waals surface area contributed by atoms with Gasteiger partial charge >= 0.3 is 0 Å². The molecule has 3 rings (SSSR count). The van der Waals surface area contributed by atoms with Crippen molar-refractivity contribution < 1.29 is 22.4 Å². The number of anilines is 1. The molecule has 0 aliphatic rings. The van der Waals surface area contributed by atoms with Gasteiger partial charge in [0.25, 0.3) is 0 Å². The van der Waals surface area contributed by atoms with Crippen molar-refractivity contribution in [3.05, 3.63) is 101 Å². The molecule has 226 valence electrons. The summed E-state index contributed by atoms with van der Waals surface area (Å²) in [6.07, 6.45) is 1.74. The first kappa shape index (κ1) is 32.8. The Balaban J connectivity index is 1.89. The molecule has 2 amide bonds. The molecule has 0 aliphatic heterocycles. The molecule has 1 N–H and O–H groups in total. The van der Waals surface area contributed by atoms with Crippen molar-refractivity contribution >= 4 is 27.5 Å². The number of carbonyl (C=O) groups excluding carboxylic acids is 2. The second kappa shape index (κ2) is 15.0. The number of nitrogens with one attached hydrogen (secondary N) is 1. The molecule has 0 fully saturated rings. The van der Waals surface area contributed by atoms with Crippen LogP contribution in [0.4, 0.5) is 10.1 Å². The Labute approximate surface area is 249 Å². The van der Waals surface area contributed by atoms with Crippen LogP contribution in [0, 0.1) is 25.6 Å². The average Bonchev–Trinajstić information content (AvgIpc) is 2.94. The van der Waals surface area contributed by atoms with Crippen LogP contribution in [0.15, 0.2) is 72.8 Å². The lowest BCUT2D eigenvalue weighted by atomic mass is 10.0. The number of benzene rings is 3. The van der Waals surface area contributed by atoms with E-state index < -0.39 is 16.1 Å². The van der Waals surface area contributed by atoms with E-state index in [2.05, 4.69) is 5.32 Å². The summed E-state index contributed by atoms with van der Waals surface area (Å²) in [5.74, 6) is -0.718. The van der Waals surface area contributed by atoms with Crippen LogP contribution in [-0.4, -0.2) is 50.5 Å². The van der Waals surface area contributed by atoms with Gasteiger partial charge in [0.15, 0.2) is 0 Å². The van der Waals surface area contributed by atoms with Crippen LogP contribution < -0.4 is 9.62 Å². The van der Waals surface area contributed by atoms with E-state index in [1.54, 1.807) is 17.0 Å². The SMILES string of the molecule is Cc1ccc(C)c(N(CCCC(=O)N(Cc2ccc(F)cc2)[C@H](Cc2ccccc2)C(=O)NCC(C)C)S(C)(=O)=O)c1. The highest BCUT2D eigenvalue weighted by Crippen LogP contribution is 2.25. The molecule has 0 saturated carbocycles. The molecule has 3 aromatic rings. The summed E-state index contributed by atoms with van der Waals surface area (Å²) in [7, 11) is -3.61. The summed E-state index contributed by atoms with van der Waals surface area (Å²) in [6.45, 7) is 8.43. The molecular formula is C33H42FN3O4S. The lowest BCUT2D eigenvalue weighted by Crippen LogP contribution is -2.51. The third-order valence-electron chi connectivity index (χ3n) is 7.01. The average molecular weight is 596 g/mol. The Morgan fingerprint density at radius 2 is 1.60 bits per heavy atom. The maximum absolute atomic E-state index is 13.9. The summed E-state index contributed by atoms with van der Waals surface area (Å²) in [6, 6.07) is 20.2. The highest BCUT2D eigenvalue weighted by atomic mass is 32.2. The van der Waals surface area contributed by atoms with Gasteiger partial charge in [-0.05, 0) is 66.6 Å². The van der Waals surface area contributed by atoms with E-state index >= 15 is 0 Å². The van der Waals surface area contributed by atoms with Crippen LogP contribution in [0.5, 0.6) is 0 Å². The lowest BCUT2D eigenvalue weighted by molar-refractivity contribution is -0.141. The molecule has 0 unspecified atom stereocenters. The smallest absolute Gasteiger partial charge is 0.243 e. The number of nitrogens with zero attached hydrogens (tertiary/aromatic N) is 2. The summed E-state index contributed by atoms with van der Waals surface area (Å²) in [5.41, 5.74) is 3.93. The van der Waals surface area contributed by atoms with E-state index in [1.807, 2.05) is 76.2 Å². The maximum atomic E-state index is 13.9. The van der Waals surface area contributed by atoms with Crippen LogP contribution >= 0.6 is 0 Å². The van der Waals surface area contributed by atoms with Crippen LogP contribution in [-0.2, 0) is 32.6 Å². The molecule has 0 bridgehead atoms. The highest BCUT2D eigenvalue weighted by Gasteiger charge is 2.30. The molecule has 0 aliphatic carbocycles. The Hall–Kier alpha value is -3.72. The van der Waals surface area contributed by atoms with Crippen molar-refractivity contribution in [2.75, 3.05) is 23.7 Å². The molecule has 7 nitrogen and oxygen atoms in total. The first-order chi connectivity index (χ1) is 19.8. The van der Waals surface area contributed by atoms with Gasteiger partial charge in [0.2, 0.25) is 21.8 Å². The minimum absolute atomic E-state index is 0.0286. The second-order valence-electron chi connectivity index (χ2n) is 11.2. The number of carbonyl (C=O) groups is 2. The Bertz CT molecular complexity index is 1440. The van der Waals surface area contributed by atoms with Gasteiger partial charge in [-0.25, -0.2) is 12.8 Å². The second-order valence-corrected chi connectivity index (χ2v) is 13.1. The monoisotopic (exact) mass is 595 g/mol. The minimum atomic E-state index is -3.61. The largest absolute Gasteiger partial charge is 0.354 e. The molecule has 0 heterocycles. The summed E-state index contributed by atoms with van der Waals surface area (Å²) < 4.78 is 40.5. The zero-order valence-electron chi connectivity index (χ0n) is 25.1. The minimum Gasteiger partial charge on any atom is -0.354 e. The predicted molar refractivity (Wildman–Crippen MR) is 166 cm³/mol. The maximum Gasteiger partial charge on any atom is 0.243 e. The molecular weight excluding hydrogens is 553 g/mol. The van der Waals surface area contributed by atoms with Crippen molar-refractivity contribution in [1.29, 1.82) is 0 Å². The summed E-state index contributed by atoms with van der Waals surface area (Å²) >= 11 is 0. The van der Waals surface area contributed by atoms with E-state index in [0.29, 0.717) is 24.2 Å². The van der Waals surface area contributed by atoms with Gasteiger partial charge in [-0.15, -0.1) is 0 Å². The first-order valence-corrected chi connectivity index (χ1v) is 16.1. The fraction of sp³-hybridized carbons (Fsp3) is 0.394. The van der Waals surface area contributed by atoms with Crippen LogP contribution in [0.25, 0.3) is 0 Å². The fourth-order valence-corrected chi connectivity index (χ4v) is 5.75. The van der Waals surface area contributed by atoms with E-state index in [-0.39, 0.29) is 49.5 Å². The van der Waals surface area contributed by atoms with Crippen molar-refractivity contribution in [1.82, 2.24) is 10.2 Å². The Morgan fingerprint density at radius 3 is 2.21 bits per heavy atom. The third kappa shape index (κ3) is 9.69. The topological polar surface area (TPSA) is 86.8 Å². The lowest BCUT2D eigenvalue weighted by Gasteiger charge is -2.32. The van der Waals surface area contributed by atoms with Crippen LogP contribution in [0.1, 0.15) is 48.9 Å². The molecule has 42 heavy (non-hydrogen) atoms. The van der Waals surface area contributed by atoms with Crippen LogP contribution in [0.3, 0.4) is 0 Å². The molecule has 0 radical (unpaired) electrons. The van der Waals surface area contributed by atoms with E-state index in [4.69, 9.17) is 0 Å². The van der Waals surface area contributed by atoms with Gasteiger partial charge in [0.05, 0.1) is 11.9 Å². The number of sulfonamides is 1. The standard InChI is InChI=1S/C33H42FN3O4S/c1-24(2)22-35-33(39)31(21-27-10-7-6-8-11-27)36(23-28-15-17-29(34)18-16-28)32(38)12-9-19-37(42(5,40)41)30-20-25(3)13-14-26(30)4/h6-8,10-11,13-18,20,24,31H,9,12,19,21-23H2,1-5H3,(H,35,39)/t31-/m1/s1. The zero-order chi connectivity index (χ0) is 30.9. The van der Waals surface area contributed by atoms with Crippen molar-refractivity contribution in [2.45, 2.75) is 59.5 Å². The van der Waals surface area contributed by atoms with Crippen LogP contribution in [0.2, 0.25) is 0 Å². The summed E-state index contributed by atoms with van der Waals surface area (Å²) in [4.78, 5) is 29.0.